The Hall–Kier alpha value is -0.0800. The van der Waals surface area contributed by atoms with Gasteiger partial charge in [0.15, 0.2) is 0 Å². The normalized spacial score (nSPS) is 27.8. The Morgan fingerprint density at radius 3 is 2.55 bits per heavy atom. The lowest BCUT2D eigenvalue weighted by Gasteiger charge is -2.21. The van der Waals surface area contributed by atoms with E-state index in [1.165, 1.54) is 13.0 Å². The van der Waals surface area contributed by atoms with Crippen molar-refractivity contribution < 1.29 is 5.11 Å². The zero-order chi connectivity index (χ0) is 8.48. The summed E-state index contributed by atoms with van der Waals surface area (Å²) in [6, 6.07) is 0. The fraction of sp³-hybridized carbons (Fsp3) is 1.00. The van der Waals surface area contributed by atoms with Gasteiger partial charge in [0.05, 0.1) is 5.60 Å². The molecule has 0 aliphatic carbocycles. The van der Waals surface area contributed by atoms with Crippen molar-refractivity contribution in [3.05, 3.63) is 0 Å². The van der Waals surface area contributed by atoms with Gasteiger partial charge in [-0.1, -0.05) is 0 Å². The van der Waals surface area contributed by atoms with E-state index >= 15 is 0 Å². The van der Waals surface area contributed by atoms with E-state index < -0.39 is 5.60 Å². The van der Waals surface area contributed by atoms with Crippen LogP contribution in [0, 0.1) is 5.92 Å². The Morgan fingerprint density at radius 2 is 2.18 bits per heavy atom. The highest BCUT2D eigenvalue weighted by Gasteiger charge is 2.25. The molecular weight excluding hydrogens is 138 g/mol. The van der Waals surface area contributed by atoms with Gasteiger partial charge in [-0.2, -0.15) is 0 Å². The minimum absolute atomic E-state index is 0.476. The Bertz CT molecular complexity index is 128. The maximum absolute atomic E-state index is 9.55. The molecule has 0 spiro atoms. The van der Waals surface area contributed by atoms with Gasteiger partial charge in [0.1, 0.15) is 0 Å². The lowest BCUT2D eigenvalue weighted by molar-refractivity contribution is 0.0541. The van der Waals surface area contributed by atoms with E-state index in [-0.39, 0.29) is 0 Å². The average molecular weight is 157 g/mol. The Labute approximate surface area is 69.2 Å². The van der Waals surface area contributed by atoms with Crippen LogP contribution < -0.4 is 0 Å². The molecule has 1 heterocycles. The van der Waals surface area contributed by atoms with E-state index in [0.717, 1.165) is 13.0 Å². The third-order valence-corrected chi connectivity index (χ3v) is 2.28. The molecule has 66 valence electrons. The van der Waals surface area contributed by atoms with Crippen LogP contribution >= 0.6 is 0 Å². The van der Waals surface area contributed by atoms with Gasteiger partial charge in [0.25, 0.3) is 0 Å². The van der Waals surface area contributed by atoms with Crippen molar-refractivity contribution in [2.24, 2.45) is 5.92 Å². The first-order valence-corrected chi connectivity index (χ1v) is 4.38. The predicted octanol–water partition coefficient (Wildman–Crippen LogP) is 1.10. The molecular formula is C9H19NO. The molecule has 1 N–H and O–H groups in total. The lowest BCUT2D eigenvalue weighted by Crippen LogP contribution is -2.24. The zero-order valence-electron chi connectivity index (χ0n) is 7.80. The van der Waals surface area contributed by atoms with E-state index in [0.29, 0.717) is 5.92 Å². The number of likely N-dealkylation sites (tertiary alicyclic amines) is 1. The van der Waals surface area contributed by atoms with Crippen molar-refractivity contribution in [3.63, 3.8) is 0 Å². The van der Waals surface area contributed by atoms with Gasteiger partial charge in [0.2, 0.25) is 0 Å². The molecule has 1 fully saturated rings. The molecule has 2 nitrogen and oxygen atoms in total. The average Bonchev–Trinajstić information content (AvgIpc) is 2.10. The first-order chi connectivity index (χ1) is 4.97. The summed E-state index contributed by atoms with van der Waals surface area (Å²) in [5.41, 5.74) is -0.476. The second-order valence-electron chi connectivity index (χ2n) is 4.43. The van der Waals surface area contributed by atoms with Gasteiger partial charge in [-0.05, 0) is 46.2 Å². The molecule has 0 saturated carbocycles. The highest BCUT2D eigenvalue weighted by Crippen LogP contribution is 2.24. The second-order valence-corrected chi connectivity index (χ2v) is 4.43. The fourth-order valence-electron chi connectivity index (χ4n) is 1.90. The highest BCUT2D eigenvalue weighted by molar-refractivity contribution is 4.79. The number of rotatable bonds is 2. The highest BCUT2D eigenvalue weighted by atomic mass is 16.3. The summed E-state index contributed by atoms with van der Waals surface area (Å²) in [5.74, 6) is 0.708. The van der Waals surface area contributed by atoms with Crippen LogP contribution in [-0.2, 0) is 0 Å². The summed E-state index contributed by atoms with van der Waals surface area (Å²) in [5, 5.41) is 9.55. The van der Waals surface area contributed by atoms with Gasteiger partial charge in [0, 0.05) is 6.54 Å². The minimum Gasteiger partial charge on any atom is -0.390 e. The quantitative estimate of drug-likeness (QED) is 0.649. The van der Waals surface area contributed by atoms with Gasteiger partial charge in [-0.3, -0.25) is 0 Å². The summed E-state index contributed by atoms with van der Waals surface area (Å²) >= 11 is 0. The van der Waals surface area contributed by atoms with Crippen LogP contribution in [0.1, 0.15) is 26.7 Å². The van der Waals surface area contributed by atoms with Gasteiger partial charge >= 0.3 is 0 Å². The van der Waals surface area contributed by atoms with Gasteiger partial charge in [-0.25, -0.2) is 0 Å². The molecule has 2 heteroatoms. The fourth-order valence-corrected chi connectivity index (χ4v) is 1.90. The van der Waals surface area contributed by atoms with Crippen molar-refractivity contribution in [2.75, 3.05) is 20.1 Å². The largest absolute Gasteiger partial charge is 0.390 e. The molecule has 0 radical (unpaired) electrons. The van der Waals surface area contributed by atoms with Crippen LogP contribution in [0.4, 0.5) is 0 Å². The van der Waals surface area contributed by atoms with Crippen LogP contribution in [0.5, 0.6) is 0 Å². The van der Waals surface area contributed by atoms with E-state index in [2.05, 4.69) is 11.9 Å². The van der Waals surface area contributed by atoms with Gasteiger partial charge in [-0.15, -0.1) is 0 Å². The zero-order valence-corrected chi connectivity index (χ0v) is 7.80. The molecule has 0 aromatic carbocycles. The van der Waals surface area contributed by atoms with E-state index in [9.17, 15) is 5.11 Å². The SMILES string of the molecule is CN1CCC(CC(C)(C)O)C1. The molecule has 1 saturated heterocycles. The van der Waals surface area contributed by atoms with Gasteiger partial charge < -0.3 is 10.0 Å². The van der Waals surface area contributed by atoms with E-state index in [1.54, 1.807) is 0 Å². The van der Waals surface area contributed by atoms with E-state index in [4.69, 9.17) is 0 Å². The first-order valence-electron chi connectivity index (χ1n) is 4.38. The van der Waals surface area contributed by atoms with Crippen molar-refractivity contribution in [2.45, 2.75) is 32.3 Å². The summed E-state index contributed by atoms with van der Waals surface area (Å²) in [6.07, 6.45) is 2.19. The summed E-state index contributed by atoms with van der Waals surface area (Å²) in [7, 11) is 2.14. The number of aliphatic hydroxyl groups is 1. The van der Waals surface area contributed by atoms with Crippen LogP contribution in [0.25, 0.3) is 0 Å². The molecule has 0 bridgehead atoms. The monoisotopic (exact) mass is 157 g/mol. The topological polar surface area (TPSA) is 23.5 Å². The number of nitrogens with zero attached hydrogens (tertiary/aromatic N) is 1. The first kappa shape index (κ1) is 9.01. The lowest BCUT2D eigenvalue weighted by atomic mass is 9.93. The smallest absolute Gasteiger partial charge is 0.0594 e. The molecule has 1 aliphatic rings. The maximum atomic E-state index is 9.55. The number of hydrogen-bond acceptors (Lipinski definition) is 2. The standard InChI is InChI=1S/C9H19NO/c1-9(2,11)6-8-4-5-10(3)7-8/h8,11H,4-7H2,1-3H3. The third-order valence-electron chi connectivity index (χ3n) is 2.28. The molecule has 11 heavy (non-hydrogen) atoms. The Morgan fingerprint density at radius 1 is 1.55 bits per heavy atom. The second kappa shape index (κ2) is 3.11. The molecule has 1 atom stereocenters. The van der Waals surface area contributed by atoms with E-state index in [1.807, 2.05) is 13.8 Å². The molecule has 1 aliphatic heterocycles. The van der Waals surface area contributed by atoms with Crippen molar-refractivity contribution >= 4 is 0 Å². The molecule has 0 aromatic rings. The van der Waals surface area contributed by atoms with Crippen molar-refractivity contribution in [1.29, 1.82) is 0 Å². The molecule has 1 unspecified atom stereocenters. The van der Waals surface area contributed by atoms with Crippen molar-refractivity contribution in [1.82, 2.24) is 4.90 Å². The summed E-state index contributed by atoms with van der Waals surface area (Å²) < 4.78 is 0. The van der Waals surface area contributed by atoms with Crippen LogP contribution in [0.15, 0.2) is 0 Å². The summed E-state index contributed by atoms with van der Waals surface area (Å²) in [6.45, 7) is 6.14. The van der Waals surface area contributed by atoms with Crippen LogP contribution in [0.2, 0.25) is 0 Å². The van der Waals surface area contributed by atoms with Crippen LogP contribution in [0.3, 0.4) is 0 Å². The summed E-state index contributed by atoms with van der Waals surface area (Å²) in [4.78, 5) is 2.33. The predicted molar refractivity (Wildman–Crippen MR) is 46.5 cm³/mol. The Kier molecular flexibility index (Phi) is 2.55. The molecule has 0 amide bonds. The van der Waals surface area contributed by atoms with Crippen molar-refractivity contribution in [3.8, 4) is 0 Å². The molecule has 1 rings (SSSR count). The van der Waals surface area contributed by atoms with Crippen LogP contribution in [-0.4, -0.2) is 35.7 Å². The molecule has 0 aromatic heterocycles. The number of hydrogen-bond donors (Lipinski definition) is 1. The minimum atomic E-state index is -0.476. The Balaban J connectivity index is 2.29. The third kappa shape index (κ3) is 3.21. The maximum Gasteiger partial charge on any atom is 0.0594 e.